The lowest BCUT2D eigenvalue weighted by atomic mass is 10.1. The highest BCUT2D eigenvalue weighted by molar-refractivity contribution is 5.94. The molecule has 3 rings (SSSR count). The van der Waals surface area contributed by atoms with Crippen LogP contribution in [0, 0.1) is 5.82 Å². The van der Waals surface area contributed by atoms with E-state index in [1.54, 1.807) is 42.4 Å². The zero-order chi connectivity index (χ0) is 16.9. The Hall–Kier alpha value is -3.01. The minimum absolute atomic E-state index is 0.0861. The van der Waals surface area contributed by atoms with E-state index < -0.39 is 0 Å². The topological polar surface area (TPSA) is 33.2 Å². The first-order valence-electron chi connectivity index (χ1n) is 7.65. The molecule has 0 saturated heterocycles. The Morgan fingerprint density at radius 2 is 1.71 bits per heavy atom. The molecule has 0 atom stereocenters. The van der Waals surface area contributed by atoms with Crippen molar-refractivity contribution in [3.05, 3.63) is 89.9 Å². The second-order valence-electron chi connectivity index (χ2n) is 5.59. The predicted molar refractivity (Wildman–Crippen MR) is 91.9 cm³/mol. The minimum atomic E-state index is -0.284. The van der Waals surface area contributed by atoms with Crippen LogP contribution in [0.15, 0.2) is 72.9 Å². The van der Waals surface area contributed by atoms with Gasteiger partial charge in [-0.2, -0.15) is 0 Å². The summed E-state index contributed by atoms with van der Waals surface area (Å²) in [6, 6.07) is 19.5. The van der Waals surface area contributed by atoms with Crippen LogP contribution >= 0.6 is 0 Å². The Morgan fingerprint density at radius 1 is 1.00 bits per heavy atom. The average Bonchev–Trinajstić information content (AvgIpc) is 2.63. The Bertz CT molecular complexity index is 815. The van der Waals surface area contributed by atoms with E-state index in [0.717, 1.165) is 11.1 Å². The zero-order valence-electron chi connectivity index (χ0n) is 13.3. The third-order valence-electron chi connectivity index (χ3n) is 3.76. The molecular formula is C20H17FN2O. The summed E-state index contributed by atoms with van der Waals surface area (Å²) in [7, 11) is 1.77. The lowest BCUT2D eigenvalue weighted by molar-refractivity contribution is 0.0784. The number of hydrogen-bond donors (Lipinski definition) is 0. The van der Waals surface area contributed by atoms with Gasteiger partial charge in [0.05, 0.1) is 11.3 Å². The van der Waals surface area contributed by atoms with E-state index in [1.807, 2.05) is 30.3 Å². The highest BCUT2D eigenvalue weighted by atomic mass is 19.1. The number of carbonyl (C=O) groups excluding carboxylic acids is 1. The van der Waals surface area contributed by atoms with E-state index in [9.17, 15) is 9.18 Å². The first kappa shape index (κ1) is 15.9. The van der Waals surface area contributed by atoms with Gasteiger partial charge in [0.1, 0.15) is 5.82 Å². The zero-order valence-corrected chi connectivity index (χ0v) is 13.3. The van der Waals surface area contributed by atoms with Crippen molar-refractivity contribution in [2.45, 2.75) is 6.54 Å². The Morgan fingerprint density at radius 3 is 2.33 bits per heavy atom. The van der Waals surface area contributed by atoms with E-state index >= 15 is 0 Å². The lowest BCUT2D eigenvalue weighted by Gasteiger charge is -2.17. The molecule has 0 unspecified atom stereocenters. The van der Waals surface area contributed by atoms with E-state index in [2.05, 4.69) is 4.98 Å². The molecule has 0 spiro atoms. The van der Waals surface area contributed by atoms with Gasteiger partial charge in [-0.15, -0.1) is 0 Å². The van der Waals surface area contributed by atoms with Crippen molar-refractivity contribution < 1.29 is 9.18 Å². The van der Waals surface area contributed by atoms with Crippen LogP contribution in [0.2, 0.25) is 0 Å². The molecule has 0 aliphatic heterocycles. The SMILES string of the molecule is CN(Cc1ccccc1)C(=O)c1ccc(-c2ccc(F)cc2)nc1. The van der Waals surface area contributed by atoms with Gasteiger partial charge < -0.3 is 4.90 Å². The van der Waals surface area contributed by atoms with Gasteiger partial charge in [-0.05, 0) is 42.0 Å². The van der Waals surface area contributed by atoms with Crippen LogP contribution in [0.25, 0.3) is 11.3 Å². The quantitative estimate of drug-likeness (QED) is 0.723. The Balaban J connectivity index is 1.72. The van der Waals surface area contributed by atoms with Gasteiger partial charge in [0, 0.05) is 25.4 Å². The maximum atomic E-state index is 13.0. The van der Waals surface area contributed by atoms with Gasteiger partial charge in [0.15, 0.2) is 0 Å². The van der Waals surface area contributed by atoms with Crippen molar-refractivity contribution in [2.24, 2.45) is 0 Å². The lowest BCUT2D eigenvalue weighted by Crippen LogP contribution is -2.26. The molecule has 0 fully saturated rings. The number of amides is 1. The van der Waals surface area contributed by atoms with Crippen molar-refractivity contribution in [3.63, 3.8) is 0 Å². The van der Waals surface area contributed by atoms with E-state index in [4.69, 9.17) is 0 Å². The number of carbonyl (C=O) groups is 1. The molecule has 3 aromatic rings. The van der Waals surface area contributed by atoms with Crippen LogP contribution in [0.3, 0.4) is 0 Å². The highest BCUT2D eigenvalue weighted by Crippen LogP contribution is 2.18. The number of hydrogen-bond acceptors (Lipinski definition) is 2. The van der Waals surface area contributed by atoms with Crippen molar-refractivity contribution in [1.29, 1.82) is 0 Å². The molecule has 1 heterocycles. The predicted octanol–water partition coefficient (Wildman–Crippen LogP) is 4.16. The fraction of sp³-hybridized carbons (Fsp3) is 0.100. The maximum Gasteiger partial charge on any atom is 0.255 e. The van der Waals surface area contributed by atoms with E-state index in [1.165, 1.54) is 12.1 Å². The van der Waals surface area contributed by atoms with Crippen LogP contribution in [0.1, 0.15) is 15.9 Å². The van der Waals surface area contributed by atoms with Crippen molar-refractivity contribution >= 4 is 5.91 Å². The second kappa shape index (κ2) is 7.04. The maximum absolute atomic E-state index is 13.0. The van der Waals surface area contributed by atoms with E-state index in [-0.39, 0.29) is 11.7 Å². The molecule has 24 heavy (non-hydrogen) atoms. The molecular weight excluding hydrogens is 303 g/mol. The van der Waals surface area contributed by atoms with Crippen molar-refractivity contribution in [3.8, 4) is 11.3 Å². The normalized spacial score (nSPS) is 10.4. The summed E-state index contributed by atoms with van der Waals surface area (Å²) in [5.74, 6) is -0.370. The summed E-state index contributed by atoms with van der Waals surface area (Å²) in [4.78, 5) is 18.5. The molecule has 1 amide bonds. The molecule has 1 aromatic heterocycles. The van der Waals surface area contributed by atoms with Gasteiger partial charge >= 0.3 is 0 Å². The van der Waals surface area contributed by atoms with Crippen molar-refractivity contribution in [1.82, 2.24) is 9.88 Å². The number of aromatic nitrogens is 1. The van der Waals surface area contributed by atoms with Crippen LogP contribution in [-0.2, 0) is 6.54 Å². The highest BCUT2D eigenvalue weighted by Gasteiger charge is 2.12. The standard InChI is InChI=1S/C20H17FN2O/c1-23(14-15-5-3-2-4-6-15)20(24)17-9-12-19(22-13-17)16-7-10-18(21)11-8-16/h2-13H,14H2,1H3. The second-order valence-corrected chi connectivity index (χ2v) is 5.59. The van der Waals surface area contributed by atoms with Gasteiger partial charge in [-0.1, -0.05) is 30.3 Å². The van der Waals surface area contributed by atoms with E-state index in [0.29, 0.717) is 17.8 Å². The average molecular weight is 320 g/mol. The summed E-state index contributed by atoms with van der Waals surface area (Å²) in [6.45, 7) is 0.541. The van der Waals surface area contributed by atoms with Gasteiger partial charge in [0.25, 0.3) is 5.91 Å². The van der Waals surface area contributed by atoms with Gasteiger partial charge in [0.2, 0.25) is 0 Å². The summed E-state index contributed by atoms with van der Waals surface area (Å²) in [5, 5.41) is 0. The molecule has 4 heteroatoms. The van der Waals surface area contributed by atoms with Crippen LogP contribution in [0.5, 0.6) is 0 Å². The summed E-state index contributed by atoms with van der Waals surface area (Å²) in [6.07, 6.45) is 1.56. The molecule has 0 radical (unpaired) electrons. The summed E-state index contributed by atoms with van der Waals surface area (Å²) >= 11 is 0. The fourth-order valence-corrected chi connectivity index (χ4v) is 2.46. The molecule has 0 bridgehead atoms. The van der Waals surface area contributed by atoms with Crippen LogP contribution in [0.4, 0.5) is 4.39 Å². The number of benzene rings is 2. The molecule has 0 saturated carbocycles. The summed E-state index contributed by atoms with van der Waals surface area (Å²) in [5.41, 5.74) is 3.12. The smallest absolute Gasteiger partial charge is 0.255 e. The van der Waals surface area contributed by atoms with Gasteiger partial charge in [-0.25, -0.2) is 4.39 Å². The molecule has 120 valence electrons. The number of halogens is 1. The van der Waals surface area contributed by atoms with Gasteiger partial charge in [-0.3, -0.25) is 9.78 Å². The Kier molecular flexibility index (Phi) is 4.66. The number of rotatable bonds is 4. The Labute approximate surface area is 140 Å². The summed E-state index contributed by atoms with van der Waals surface area (Å²) < 4.78 is 13.0. The molecule has 0 N–H and O–H groups in total. The largest absolute Gasteiger partial charge is 0.337 e. The number of pyridine rings is 1. The monoisotopic (exact) mass is 320 g/mol. The molecule has 2 aromatic carbocycles. The fourth-order valence-electron chi connectivity index (χ4n) is 2.46. The minimum Gasteiger partial charge on any atom is -0.337 e. The molecule has 0 aliphatic rings. The van der Waals surface area contributed by atoms with Crippen molar-refractivity contribution in [2.75, 3.05) is 7.05 Å². The first-order chi connectivity index (χ1) is 11.6. The third kappa shape index (κ3) is 3.66. The third-order valence-corrected chi connectivity index (χ3v) is 3.76. The molecule has 0 aliphatic carbocycles. The molecule has 3 nitrogen and oxygen atoms in total. The number of nitrogens with zero attached hydrogens (tertiary/aromatic N) is 2. The van der Waals surface area contributed by atoms with Crippen LogP contribution in [-0.4, -0.2) is 22.8 Å². The first-order valence-corrected chi connectivity index (χ1v) is 7.65. The van der Waals surface area contributed by atoms with Crippen LogP contribution < -0.4 is 0 Å².